The zero-order valence-corrected chi connectivity index (χ0v) is 16.9. The molecule has 0 spiro atoms. The van der Waals surface area contributed by atoms with Crippen LogP contribution >= 0.6 is 0 Å². The first-order valence-electron chi connectivity index (χ1n) is 9.51. The van der Waals surface area contributed by atoms with Gasteiger partial charge < -0.3 is 15.4 Å². The fourth-order valence-electron chi connectivity index (χ4n) is 3.53. The van der Waals surface area contributed by atoms with Crippen LogP contribution in [0.5, 0.6) is 5.75 Å². The van der Waals surface area contributed by atoms with E-state index in [-0.39, 0.29) is 12.1 Å². The number of halogens is 3. The molecule has 0 aliphatic carbocycles. The number of hydrogen-bond donors (Lipinski definition) is 2. The Labute approximate surface area is 176 Å². The van der Waals surface area contributed by atoms with Crippen molar-refractivity contribution in [2.75, 3.05) is 12.4 Å². The minimum Gasteiger partial charge on any atom is -0.496 e. The van der Waals surface area contributed by atoms with Crippen molar-refractivity contribution in [1.82, 2.24) is 5.32 Å². The van der Waals surface area contributed by atoms with Crippen LogP contribution < -0.4 is 15.4 Å². The third-order valence-electron chi connectivity index (χ3n) is 5.26. The number of nitrogens with one attached hydrogen (secondary N) is 2. The summed E-state index contributed by atoms with van der Waals surface area (Å²) in [7, 11) is 1.10. The van der Waals surface area contributed by atoms with Crippen LogP contribution in [0.4, 0.5) is 18.9 Å². The third-order valence-corrected chi connectivity index (χ3v) is 5.26. The van der Waals surface area contributed by atoms with E-state index >= 15 is 0 Å². The molecule has 2 atom stereocenters. The van der Waals surface area contributed by atoms with E-state index in [2.05, 4.69) is 10.6 Å². The van der Waals surface area contributed by atoms with Crippen LogP contribution in [0.25, 0.3) is 0 Å². The molecule has 1 aliphatic heterocycles. The Morgan fingerprint density at radius 3 is 2.45 bits per heavy atom. The van der Waals surface area contributed by atoms with Gasteiger partial charge in [0.05, 0.1) is 18.2 Å². The molecule has 0 radical (unpaired) electrons. The first-order valence-corrected chi connectivity index (χ1v) is 9.51. The highest BCUT2D eigenvalue weighted by atomic mass is 19.4. The summed E-state index contributed by atoms with van der Waals surface area (Å²) < 4.78 is 44.3. The fraction of sp³-hybridized carbons (Fsp3) is 0.318. The Bertz CT molecular complexity index is 1010. The van der Waals surface area contributed by atoms with E-state index in [1.54, 1.807) is 6.92 Å². The van der Waals surface area contributed by atoms with Gasteiger partial charge in [0, 0.05) is 5.69 Å². The van der Waals surface area contributed by atoms with E-state index in [4.69, 9.17) is 4.74 Å². The van der Waals surface area contributed by atoms with Crippen LogP contribution in [0, 0.1) is 5.92 Å². The van der Waals surface area contributed by atoms with Crippen LogP contribution in [0.15, 0.2) is 48.5 Å². The summed E-state index contributed by atoms with van der Waals surface area (Å²) in [6.07, 6.45) is -3.92. The molecule has 0 bridgehead atoms. The normalized spacial score (nSPS) is 21.0. The molecule has 164 valence electrons. The molecule has 6 nitrogen and oxygen atoms in total. The smallest absolute Gasteiger partial charge is 0.420 e. The average molecular weight is 434 g/mol. The van der Waals surface area contributed by atoms with Gasteiger partial charge in [-0.1, -0.05) is 30.3 Å². The van der Waals surface area contributed by atoms with Crippen molar-refractivity contribution in [3.8, 4) is 5.75 Å². The number of Topliss-reactive ketones (excluding diaryl/α,β-unsaturated/α-hetero) is 1. The Kier molecular flexibility index (Phi) is 6.06. The van der Waals surface area contributed by atoms with Gasteiger partial charge in [-0.3, -0.25) is 14.4 Å². The number of aryl methyl sites for hydroxylation is 1. The number of alkyl halides is 3. The van der Waals surface area contributed by atoms with Crippen molar-refractivity contribution in [1.29, 1.82) is 0 Å². The van der Waals surface area contributed by atoms with Crippen molar-refractivity contribution in [2.24, 2.45) is 5.92 Å². The summed E-state index contributed by atoms with van der Waals surface area (Å²) in [6.45, 7) is 1.54. The lowest BCUT2D eigenvalue weighted by atomic mass is 9.87. The Balaban J connectivity index is 1.75. The van der Waals surface area contributed by atoms with E-state index in [1.807, 2.05) is 30.3 Å². The van der Waals surface area contributed by atoms with Crippen LogP contribution in [0.2, 0.25) is 0 Å². The monoisotopic (exact) mass is 434 g/mol. The highest BCUT2D eigenvalue weighted by Crippen LogP contribution is 2.38. The molecule has 2 unspecified atom stereocenters. The second-order valence-corrected chi connectivity index (χ2v) is 7.51. The van der Waals surface area contributed by atoms with Gasteiger partial charge in [0.15, 0.2) is 11.7 Å². The summed E-state index contributed by atoms with van der Waals surface area (Å²) in [5.41, 5.74) is -1.55. The Morgan fingerprint density at radius 2 is 1.84 bits per heavy atom. The summed E-state index contributed by atoms with van der Waals surface area (Å²) in [6, 6.07) is 12.3. The molecule has 2 aromatic rings. The predicted molar refractivity (Wildman–Crippen MR) is 106 cm³/mol. The Hall–Kier alpha value is -3.36. The van der Waals surface area contributed by atoms with Crippen LogP contribution in [0.3, 0.4) is 0 Å². The van der Waals surface area contributed by atoms with Gasteiger partial charge in [-0.15, -0.1) is 0 Å². The SMILES string of the molecule is COc1ccc(NC(=O)C2C(=O)NC(C)(CCc3ccccc3)C2=O)cc1C(F)(F)F. The van der Waals surface area contributed by atoms with Crippen LogP contribution in [0.1, 0.15) is 24.5 Å². The standard InChI is InChI=1S/C22H21F3N2O4/c1-21(11-10-13-6-4-3-5-7-13)18(28)17(20(30)27-21)19(29)26-14-8-9-16(31-2)15(12-14)22(23,24)25/h3-9,12,17H,10-11H2,1-2H3,(H,26,29)(H,27,30). The zero-order chi connectivity index (χ0) is 22.8. The second-order valence-electron chi connectivity index (χ2n) is 7.51. The van der Waals surface area contributed by atoms with E-state index in [9.17, 15) is 27.6 Å². The predicted octanol–water partition coefficient (Wildman–Crippen LogP) is 3.36. The fourth-order valence-corrected chi connectivity index (χ4v) is 3.53. The maximum Gasteiger partial charge on any atom is 0.420 e. The number of carbonyl (C=O) groups excluding carboxylic acids is 3. The highest BCUT2D eigenvalue weighted by molar-refractivity contribution is 6.27. The minimum atomic E-state index is -4.71. The van der Waals surface area contributed by atoms with Crippen molar-refractivity contribution in [3.63, 3.8) is 0 Å². The number of methoxy groups -OCH3 is 1. The number of benzene rings is 2. The van der Waals surface area contributed by atoms with Crippen molar-refractivity contribution >= 4 is 23.3 Å². The van der Waals surface area contributed by atoms with Gasteiger partial charge in [-0.05, 0) is 43.5 Å². The molecular weight excluding hydrogens is 413 g/mol. The third kappa shape index (κ3) is 4.70. The molecule has 31 heavy (non-hydrogen) atoms. The lowest BCUT2D eigenvalue weighted by Gasteiger charge is -2.22. The molecule has 2 aromatic carbocycles. The number of hydrogen-bond acceptors (Lipinski definition) is 4. The van der Waals surface area contributed by atoms with E-state index in [0.29, 0.717) is 12.5 Å². The quantitative estimate of drug-likeness (QED) is 0.683. The van der Waals surface area contributed by atoms with Gasteiger partial charge >= 0.3 is 6.18 Å². The molecule has 1 heterocycles. The molecule has 1 fully saturated rings. The van der Waals surface area contributed by atoms with Gasteiger partial charge in [0.2, 0.25) is 11.8 Å². The van der Waals surface area contributed by atoms with E-state index < -0.39 is 46.5 Å². The molecule has 1 saturated heterocycles. The largest absolute Gasteiger partial charge is 0.496 e. The number of ketones is 1. The molecule has 1 aliphatic rings. The molecular formula is C22H21F3N2O4. The summed E-state index contributed by atoms with van der Waals surface area (Å²) in [4.78, 5) is 37.9. The summed E-state index contributed by atoms with van der Waals surface area (Å²) in [5, 5.41) is 4.82. The topological polar surface area (TPSA) is 84.5 Å². The van der Waals surface area contributed by atoms with Gasteiger partial charge in [0.25, 0.3) is 0 Å². The average Bonchev–Trinajstić information content (AvgIpc) is 2.95. The highest BCUT2D eigenvalue weighted by Gasteiger charge is 2.52. The van der Waals surface area contributed by atoms with Crippen LogP contribution in [-0.4, -0.2) is 30.2 Å². The number of ether oxygens (including phenoxy) is 1. The van der Waals surface area contributed by atoms with E-state index in [1.165, 1.54) is 6.07 Å². The van der Waals surface area contributed by atoms with Gasteiger partial charge in [-0.2, -0.15) is 13.2 Å². The molecule has 3 rings (SSSR count). The summed E-state index contributed by atoms with van der Waals surface area (Å²) in [5.74, 6) is -4.42. The molecule has 9 heteroatoms. The van der Waals surface area contributed by atoms with Gasteiger partial charge in [0.1, 0.15) is 5.75 Å². The minimum absolute atomic E-state index is 0.198. The first-order chi connectivity index (χ1) is 14.5. The first kappa shape index (κ1) is 22.3. The maximum absolute atomic E-state index is 13.2. The second kappa shape index (κ2) is 8.41. The van der Waals surface area contributed by atoms with E-state index in [0.717, 1.165) is 18.7 Å². The number of carbonyl (C=O) groups is 3. The number of anilines is 1. The zero-order valence-electron chi connectivity index (χ0n) is 16.9. The number of rotatable bonds is 6. The molecule has 2 N–H and O–H groups in total. The summed E-state index contributed by atoms with van der Waals surface area (Å²) >= 11 is 0. The van der Waals surface area contributed by atoms with Crippen molar-refractivity contribution < 1.29 is 32.3 Å². The lowest BCUT2D eigenvalue weighted by Crippen LogP contribution is -2.44. The van der Waals surface area contributed by atoms with Crippen LogP contribution in [-0.2, 0) is 27.0 Å². The molecule has 2 amide bonds. The molecule has 0 aromatic heterocycles. The van der Waals surface area contributed by atoms with Gasteiger partial charge in [-0.25, -0.2) is 0 Å². The van der Waals surface area contributed by atoms with Crippen molar-refractivity contribution in [3.05, 3.63) is 59.7 Å². The van der Waals surface area contributed by atoms with Crippen molar-refractivity contribution in [2.45, 2.75) is 31.5 Å². The number of amides is 2. The molecule has 0 saturated carbocycles. The maximum atomic E-state index is 13.2. The lowest BCUT2D eigenvalue weighted by molar-refractivity contribution is -0.139. The Morgan fingerprint density at radius 1 is 1.16 bits per heavy atom.